The molecule has 0 N–H and O–H groups in total. The number of hydrogen-bond acceptors (Lipinski definition) is 7. The number of piperazine rings is 1. The topological polar surface area (TPSA) is 81.5 Å². The second-order valence-corrected chi connectivity index (χ2v) is 8.46. The molecule has 0 spiro atoms. The van der Waals surface area contributed by atoms with Crippen LogP contribution in [0.5, 0.6) is 17.2 Å². The van der Waals surface area contributed by atoms with Crippen molar-refractivity contribution in [2.45, 2.75) is 19.3 Å². The highest BCUT2D eigenvalue weighted by molar-refractivity contribution is 5.82. The Kier molecular flexibility index (Phi) is 6.67. The van der Waals surface area contributed by atoms with E-state index in [1.807, 2.05) is 18.2 Å². The predicted molar refractivity (Wildman–Crippen MR) is 124 cm³/mol. The van der Waals surface area contributed by atoms with Crippen molar-refractivity contribution in [3.63, 3.8) is 0 Å². The van der Waals surface area contributed by atoms with E-state index in [-0.39, 0.29) is 36.1 Å². The predicted octanol–water partition coefficient (Wildman–Crippen LogP) is 2.84. The van der Waals surface area contributed by atoms with Gasteiger partial charge in [-0.1, -0.05) is 24.3 Å². The third-order valence-corrected chi connectivity index (χ3v) is 5.98. The number of benzene rings is 2. The van der Waals surface area contributed by atoms with E-state index < -0.39 is 6.10 Å². The molecule has 0 saturated carbocycles. The maximum absolute atomic E-state index is 13.3. The number of carbonyl (C=O) groups excluding carboxylic acids is 1. The van der Waals surface area contributed by atoms with Crippen LogP contribution in [0.2, 0.25) is 0 Å². The van der Waals surface area contributed by atoms with Gasteiger partial charge in [-0.15, -0.1) is 0 Å². The van der Waals surface area contributed by atoms with Gasteiger partial charge in [0, 0.05) is 32.2 Å². The third-order valence-electron chi connectivity index (χ3n) is 5.98. The minimum Gasteiger partial charge on any atom is -0.485 e. The van der Waals surface area contributed by atoms with E-state index in [1.165, 1.54) is 24.5 Å². The fourth-order valence-electron chi connectivity index (χ4n) is 4.11. The van der Waals surface area contributed by atoms with E-state index in [0.29, 0.717) is 55.5 Å². The van der Waals surface area contributed by atoms with E-state index in [4.69, 9.17) is 18.6 Å². The largest absolute Gasteiger partial charge is 0.485 e. The fourth-order valence-corrected chi connectivity index (χ4v) is 4.11. The van der Waals surface area contributed by atoms with Crippen molar-refractivity contribution in [3.8, 4) is 17.2 Å². The summed E-state index contributed by atoms with van der Waals surface area (Å²) in [5, 5.41) is 0. The smallest absolute Gasteiger partial charge is 0.267 e. The molecule has 2 aliphatic heterocycles. The van der Waals surface area contributed by atoms with Gasteiger partial charge in [0.15, 0.2) is 11.5 Å². The second kappa shape index (κ2) is 10.2. The molecule has 3 aromatic rings. The summed E-state index contributed by atoms with van der Waals surface area (Å²) in [5.74, 6) is 1.35. The first kappa shape index (κ1) is 22.9. The summed E-state index contributed by atoms with van der Waals surface area (Å²) in [6.07, 6.45) is 0.629. The van der Waals surface area contributed by atoms with Gasteiger partial charge in [-0.25, -0.2) is 4.39 Å². The van der Waals surface area contributed by atoms with Gasteiger partial charge in [0.2, 0.25) is 17.3 Å². The molecular weight excluding hydrogens is 455 g/mol. The van der Waals surface area contributed by atoms with Crippen LogP contribution in [0.25, 0.3) is 0 Å². The maximum Gasteiger partial charge on any atom is 0.267 e. The van der Waals surface area contributed by atoms with Gasteiger partial charge in [0.1, 0.15) is 31.1 Å². The average Bonchev–Trinajstić information content (AvgIpc) is 2.88. The van der Waals surface area contributed by atoms with Crippen LogP contribution >= 0.6 is 0 Å². The second-order valence-electron chi connectivity index (χ2n) is 8.46. The molecule has 1 fully saturated rings. The van der Waals surface area contributed by atoms with Crippen molar-refractivity contribution in [2.75, 3.05) is 32.8 Å². The zero-order valence-electron chi connectivity index (χ0n) is 19.0. The van der Waals surface area contributed by atoms with Crippen molar-refractivity contribution in [3.05, 3.63) is 88.2 Å². The molecule has 5 rings (SSSR count). The van der Waals surface area contributed by atoms with Crippen molar-refractivity contribution in [2.24, 2.45) is 0 Å². The van der Waals surface area contributed by atoms with Crippen LogP contribution < -0.4 is 19.6 Å². The average molecular weight is 480 g/mol. The van der Waals surface area contributed by atoms with Gasteiger partial charge >= 0.3 is 0 Å². The molecule has 1 atom stereocenters. The zero-order chi connectivity index (χ0) is 24.2. The molecule has 1 saturated heterocycles. The molecule has 9 heteroatoms. The summed E-state index contributed by atoms with van der Waals surface area (Å²) in [5.41, 5.74) is 0.321. The molecule has 2 aromatic carbocycles. The Bertz CT molecular complexity index is 1250. The molecule has 8 nitrogen and oxygen atoms in total. The lowest BCUT2D eigenvalue weighted by Gasteiger charge is -2.36. The first-order valence-electron chi connectivity index (χ1n) is 11.4. The van der Waals surface area contributed by atoms with E-state index in [9.17, 15) is 14.0 Å². The molecule has 0 bridgehead atoms. The fraction of sp³-hybridized carbons (Fsp3) is 0.308. The molecule has 3 heterocycles. The van der Waals surface area contributed by atoms with Gasteiger partial charge in [-0.2, -0.15) is 0 Å². The molecule has 1 amide bonds. The number of para-hydroxylation sites is 2. The number of ether oxygens (including phenoxy) is 3. The van der Waals surface area contributed by atoms with Gasteiger partial charge in [0.05, 0.1) is 6.54 Å². The van der Waals surface area contributed by atoms with Crippen LogP contribution in [0.3, 0.4) is 0 Å². The van der Waals surface area contributed by atoms with Crippen LogP contribution in [-0.4, -0.2) is 54.6 Å². The summed E-state index contributed by atoms with van der Waals surface area (Å²) in [7, 11) is 0. The number of halogens is 1. The zero-order valence-corrected chi connectivity index (χ0v) is 19.0. The number of amides is 1. The van der Waals surface area contributed by atoms with Gasteiger partial charge in [0.25, 0.3) is 5.91 Å². The highest BCUT2D eigenvalue weighted by Gasteiger charge is 2.32. The van der Waals surface area contributed by atoms with E-state index in [2.05, 4.69) is 4.90 Å². The van der Waals surface area contributed by atoms with E-state index in [0.717, 1.165) is 0 Å². The normalized spacial score (nSPS) is 17.7. The van der Waals surface area contributed by atoms with Crippen LogP contribution in [0.1, 0.15) is 11.3 Å². The van der Waals surface area contributed by atoms with Crippen molar-refractivity contribution >= 4 is 5.91 Å². The van der Waals surface area contributed by atoms with Crippen molar-refractivity contribution in [1.29, 1.82) is 0 Å². The molecular formula is C26H25FN2O6. The number of fused-ring (bicyclic) bond motifs is 1. The van der Waals surface area contributed by atoms with Gasteiger partial charge in [-0.05, 0) is 29.8 Å². The molecule has 182 valence electrons. The number of rotatable bonds is 6. The SMILES string of the molecule is O=C(C1COc2ccccc2O1)N1CCN(Cc2cc(=O)c(OCc3cccc(F)c3)co2)CC1. The number of nitrogens with zero attached hydrogens (tertiary/aromatic N) is 2. The minimum absolute atomic E-state index is 0.0686. The Morgan fingerprint density at radius 1 is 1.03 bits per heavy atom. The Balaban J connectivity index is 1.11. The maximum atomic E-state index is 13.3. The number of carbonyl (C=O) groups is 1. The Morgan fingerprint density at radius 3 is 2.60 bits per heavy atom. The first-order chi connectivity index (χ1) is 17.0. The van der Waals surface area contributed by atoms with E-state index >= 15 is 0 Å². The summed E-state index contributed by atoms with van der Waals surface area (Å²) in [6.45, 7) is 3.06. The van der Waals surface area contributed by atoms with E-state index in [1.54, 1.807) is 23.1 Å². The molecule has 1 aromatic heterocycles. The third kappa shape index (κ3) is 5.46. The highest BCUT2D eigenvalue weighted by atomic mass is 19.1. The Hall–Kier alpha value is -3.85. The molecule has 2 aliphatic rings. The molecule has 0 radical (unpaired) electrons. The molecule has 0 aliphatic carbocycles. The lowest BCUT2D eigenvalue weighted by molar-refractivity contribution is -0.143. The number of hydrogen-bond donors (Lipinski definition) is 0. The summed E-state index contributed by atoms with van der Waals surface area (Å²) in [6, 6.07) is 14.7. The Morgan fingerprint density at radius 2 is 1.83 bits per heavy atom. The highest BCUT2D eigenvalue weighted by Crippen LogP contribution is 2.31. The standard InChI is InChI=1S/C26H25FN2O6/c27-19-5-3-4-18(12-19)15-33-24-16-32-20(13-21(24)30)14-28-8-10-29(11-9-28)26(31)25-17-34-22-6-1-2-7-23(22)35-25/h1-7,12-13,16,25H,8-11,14-15,17H2. The van der Waals surface area contributed by atoms with Crippen molar-refractivity contribution < 1.29 is 27.8 Å². The summed E-state index contributed by atoms with van der Waals surface area (Å²) < 4.78 is 35.9. The Labute approximate surface area is 201 Å². The molecule has 1 unspecified atom stereocenters. The summed E-state index contributed by atoms with van der Waals surface area (Å²) >= 11 is 0. The van der Waals surface area contributed by atoms with Crippen LogP contribution in [-0.2, 0) is 17.9 Å². The monoisotopic (exact) mass is 480 g/mol. The summed E-state index contributed by atoms with van der Waals surface area (Å²) in [4.78, 5) is 29.2. The van der Waals surface area contributed by atoms with Crippen LogP contribution in [0, 0.1) is 5.82 Å². The van der Waals surface area contributed by atoms with Gasteiger partial charge < -0.3 is 23.5 Å². The van der Waals surface area contributed by atoms with Crippen LogP contribution in [0.15, 0.2) is 70.1 Å². The minimum atomic E-state index is -0.658. The van der Waals surface area contributed by atoms with Gasteiger partial charge in [-0.3, -0.25) is 14.5 Å². The molecule has 35 heavy (non-hydrogen) atoms. The quantitative estimate of drug-likeness (QED) is 0.537. The van der Waals surface area contributed by atoms with Crippen molar-refractivity contribution in [1.82, 2.24) is 9.80 Å². The lowest BCUT2D eigenvalue weighted by atomic mass is 10.2. The first-order valence-corrected chi connectivity index (χ1v) is 11.4. The lowest BCUT2D eigenvalue weighted by Crippen LogP contribution is -2.53. The van der Waals surface area contributed by atoms with Crippen LogP contribution in [0.4, 0.5) is 4.39 Å².